The predicted octanol–water partition coefficient (Wildman–Crippen LogP) is 0.918. The fourth-order valence-corrected chi connectivity index (χ4v) is 2.07. The highest BCUT2D eigenvalue weighted by Crippen LogP contribution is 2.12. The van der Waals surface area contributed by atoms with Gasteiger partial charge in [-0.05, 0) is 17.8 Å². The van der Waals surface area contributed by atoms with Gasteiger partial charge in [0.25, 0.3) is 5.91 Å². The third kappa shape index (κ3) is 2.62. The number of nitrogens with one attached hydrogen (secondary N) is 1. The fraction of sp³-hybridized carbons (Fsp3) is 0.333. The third-order valence-corrected chi connectivity index (χ3v) is 2.96. The van der Waals surface area contributed by atoms with Crippen LogP contribution in [0.5, 0.6) is 0 Å². The summed E-state index contributed by atoms with van der Waals surface area (Å²) in [6, 6.07) is 9.42. The first kappa shape index (κ1) is 12.0. The van der Waals surface area contributed by atoms with Crippen LogP contribution < -0.4 is 5.32 Å². The largest absolute Gasteiger partial charge is 0.382 e. The average molecular weight is 250 g/mol. The predicted molar refractivity (Wildman–Crippen MR) is 68.4 cm³/mol. The number of carbonyl (C=O) groups excluding carboxylic acids is 1. The molecule has 0 spiro atoms. The second kappa shape index (κ2) is 5.25. The van der Waals surface area contributed by atoms with Crippen LogP contribution >= 0.6 is 12.2 Å². The van der Waals surface area contributed by atoms with Gasteiger partial charge in [0.1, 0.15) is 6.04 Å². The first-order valence-corrected chi connectivity index (χ1v) is 5.78. The van der Waals surface area contributed by atoms with Crippen LogP contribution in [-0.2, 0) is 16.1 Å². The lowest BCUT2D eigenvalue weighted by Crippen LogP contribution is -2.33. The van der Waals surface area contributed by atoms with Crippen molar-refractivity contribution in [2.45, 2.75) is 12.6 Å². The summed E-state index contributed by atoms with van der Waals surface area (Å²) in [7, 11) is 1.57. The number of carbonyl (C=O) groups is 1. The van der Waals surface area contributed by atoms with Crippen molar-refractivity contribution in [2.24, 2.45) is 0 Å². The van der Waals surface area contributed by atoms with Crippen LogP contribution in [-0.4, -0.2) is 35.7 Å². The molecule has 17 heavy (non-hydrogen) atoms. The summed E-state index contributed by atoms with van der Waals surface area (Å²) in [6.07, 6.45) is 0. The van der Waals surface area contributed by atoms with Gasteiger partial charge in [-0.3, -0.25) is 9.69 Å². The molecule has 90 valence electrons. The number of hydrogen-bond donors (Lipinski definition) is 1. The smallest absolute Gasteiger partial charge is 0.254 e. The lowest BCUT2D eigenvalue weighted by molar-refractivity contribution is -0.128. The first-order chi connectivity index (χ1) is 8.22. The molecule has 2 rings (SSSR count). The zero-order valence-corrected chi connectivity index (χ0v) is 10.4. The van der Waals surface area contributed by atoms with E-state index >= 15 is 0 Å². The van der Waals surface area contributed by atoms with E-state index in [-0.39, 0.29) is 11.9 Å². The van der Waals surface area contributed by atoms with Crippen LogP contribution in [0.3, 0.4) is 0 Å². The molecule has 0 aromatic heterocycles. The fourth-order valence-electron chi connectivity index (χ4n) is 1.77. The van der Waals surface area contributed by atoms with Crippen molar-refractivity contribution < 1.29 is 9.53 Å². The van der Waals surface area contributed by atoms with E-state index in [1.165, 1.54) is 0 Å². The number of amides is 1. The van der Waals surface area contributed by atoms with Crippen molar-refractivity contribution >= 4 is 23.2 Å². The molecule has 1 aromatic rings. The van der Waals surface area contributed by atoms with E-state index < -0.39 is 0 Å². The average Bonchev–Trinajstić information content (AvgIpc) is 2.59. The van der Waals surface area contributed by atoms with Gasteiger partial charge in [-0.2, -0.15) is 0 Å². The third-order valence-electron chi connectivity index (χ3n) is 2.62. The summed E-state index contributed by atoms with van der Waals surface area (Å²) in [5.41, 5.74) is 1.06. The maximum absolute atomic E-state index is 12.0. The highest BCUT2D eigenvalue weighted by Gasteiger charge is 2.34. The first-order valence-electron chi connectivity index (χ1n) is 5.37. The van der Waals surface area contributed by atoms with Gasteiger partial charge >= 0.3 is 0 Å². The molecule has 1 aliphatic rings. The molecular formula is C12H14N2O2S. The molecule has 1 amide bonds. The molecule has 1 heterocycles. The van der Waals surface area contributed by atoms with Crippen LogP contribution in [0.4, 0.5) is 0 Å². The Hall–Kier alpha value is -1.46. The van der Waals surface area contributed by atoms with Gasteiger partial charge in [-0.25, -0.2) is 0 Å². The van der Waals surface area contributed by atoms with Crippen LogP contribution in [0.2, 0.25) is 0 Å². The minimum Gasteiger partial charge on any atom is -0.382 e. The van der Waals surface area contributed by atoms with Gasteiger partial charge in [0.15, 0.2) is 5.11 Å². The van der Waals surface area contributed by atoms with Gasteiger partial charge in [0, 0.05) is 7.11 Å². The van der Waals surface area contributed by atoms with Crippen molar-refractivity contribution in [3.8, 4) is 0 Å². The monoisotopic (exact) mass is 250 g/mol. The summed E-state index contributed by atoms with van der Waals surface area (Å²) in [5, 5.41) is 3.43. The Balaban J connectivity index is 2.07. The van der Waals surface area contributed by atoms with Gasteiger partial charge < -0.3 is 10.1 Å². The maximum atomic E-state index is 12.0. The summed E-state index contributed by atoms with van der Waals surface area (Å²) in [4.78, 5) is 13.6. The second-order valence-electron chi connectivity index (χ2n) is 3.87. The quantitative estimate of drug-likeness (QED) is 0.807. The minimum absolute atomic E-state index is 0.0271. The number of methoxy groups -OCH3 is 1. The number of thiocarbonyl (C=S) groups is 1. The van der Waals surface area contributed by atoms with E-state index in [1.807, 2.05) is 30.3 Å². The molecule has 0 saturated carbocycles. The summed E-state index contributed by atoms with van der Waals surface area (Å²) in [6.45, 7) is 0.843. The molecule has 1 N–H and O–H groups in total. The Labute approximate surface area is 106 Å². The van der Waals surface area contributed by atoms with Crippen LogP contribution in [0, 0.1) is 0 Å². The Morgan fingerprint density at radius 2 is 2.12 bits per heavy atom. The molecule has 1 unspecified atom stereocenters. The molecule has 0 aliphatic carbocycles. The number of nitrogens with zero attached hydrogens (tertiary/aromatic N) is 1. The molecule has 1 fully saturated rings. The Morgan fingerprint density at radius 3 is 2.76 bits per heavy atom. The highest BCUT2D eigenvalue weighted by molar-refractivity contribution is 7.80. The van der Waals surface area contributed by atoms with E-state index in [0.29, 0.717) is 18.3 Å². The Bertz CT molecular complexity index is 422. The van der Waals surface area contributed by atoms with E-state index in [1.54, 1.807) is 12.0 Å². The lowest BCUT2D eigenvalue weighted by Gasteiger charge is -2.14. The molecule has 1 atom stereocenters. The van der Waals surface area contributed by atoms with Gasteiger partial charge in [-0.1, -0.05) is 30.3 Å². The van der Waals surface area contributed by atoms with Crippen molar-refractivity contribution in [1.82, 2.24) is 10.2 Å². The van der Waals surface area contributed by atoms with Crippen LogP contribution in [0.1, 0.15) is 5.56 Å². The van der Waals surface area contributed by atoms with E-state index in [4.69, 9.17) is 17.0 Å². The standard InChI is InChI=1S/C12H14N2O2S/c1-16-8-10-11(15)14(12(17)13-10)7-9-5-3-2-4-6-9/h2-6,10H,7-8H2,1H3,(H,13,17). The Kier molecular flexibility index (Phi) is 3.71. The van der Waals surface area contributed by atoms with Crippen LogP contribution in [0.25, 0.3) is 0 Å². The molecule has 1 aromatic carbocycles. The molecule has 5 heteroatoms. The SMILES string of the molecule is COCC1NC(=S)N(Cc2ccccc2)C1=O. The van der Waals surface area contributed by atoms with Gasteiger partial charge in [-0.15, -0.1) is 0 Å². The van der Waals surface area contributed by atoms with Gasteiger partial charge in [0.2, 0.25) is 0 Å². The molecule has 0 radical (unpaired) electrons. The maximum Gasteiger partial charge on any atom is 0.254 e. The van der Waals surface area contributed by atoms with E-state index in [0.717, 1.165) is 5.56 Å². The zero-order chi connectivity index (χ0) is 12.3. The van der Waals surface area contributed by atoms with Crippen molar-refractivity contribution in [2.75, 3.05) is 13.7 Å². The Morgan fingerprint density at radius 1 is 1.41 bits per heavy atom. The number of rotatable bonds is 4. The summed E-state index contributed by atoms with van der Waals surface area (Å²) in [5.74, 6) is -0.0271. The second-order valence-corrected chi connectivity index (χ2v) is 4.25. The summed E-state index contributed by atoms with van der Waals surface area (Å²) >= 11 is 5.15. The number of ether oxygens (including phenoxy) is 1. The zero-order valence-electron chi connectivity index (χ0n) is 9.55. The minimum atomic E-state index is -0.351. The van der Waals surface area contributed by atoms with E-state index in [9.17, 15) is 4.79 Å². The molecule has 4 nitrogen and oxygen atoms in total. The number of benzene rings is 1. The molecule has 1 saturated heterocycles. The van der Waals surface area contributed by atoms with Crippen molar-refractivity contribution in [3.63, 3.8) is 0 Å². The van der Waals surface area contributed by atoms with Crippen molar-refractivity contribution in [3.05, 3.63) is 35.9 Å². The van der Waals surface area contributed by atoms with Crippen molar-refractivity contribution in [1.29, 1.82) is 0 Å². The molecule has 1 aliphatic heterocycles. The lowest BCUT2D eigenvalue weighted by atomic mass is 10.2. The normalized spacial score (nSPS) is 19.6. The van der Waals surface area contributed by atoms with E-state index in [2.05, 4.69) is 5.32 Å². The topological polar surface area (TPSA) is 41.6 Å². The highest BCUT2D eigenvalue weighted by atomic mass is 32.1. The van der Waals surface area contributed by atoms with Gasteiger partial charge in [0.05, 0.1) is 13.2 Å². The molecule has 0 bridgehead atoms. The van der Waals surface area contributed by atoms with Crippen LogP contribution in [0.15, 0.2) is 30.3 Å². The number of hydrogen-bond acceptors (Lipinski definition) is 3. The summed E-state index contributed by atoms with van der Waals surface area (Å²) < 4.78 is 4.97. The molecular weight excluding hydrogens is 236 g/mol.